The number of likely N-dealkylation sites (tertiary alicyclic amines) is 1. The number of carbonyl (C=O) groups is 11. The fourth-order valence-corrected chi connectivity index (χ4v) is 7.73. The van der Waals surface area contributed by atoms with E-state index in [2.05, 4.69) is 37.2 Å². The van der Waals surface area contributed by atoms with Crippen molar-refractivity contribution in [2.45, 2.75) is 127 Å². The maximum absolute atomic E-state index is 14.1. The molecule has 13 N–H and O–H groups in total. The molecule has 1 aliphatic rings. The van der Waals surface area contributed by atoms with E-state index < -0.39 is 152 Å². The quantitative estimate of drug-likeness (QED) is 0.0417. The molecule has 24 heteroatoms. The highest BCUT2D eigenvalue weighted by molar-refractivity contribution is 5.98. The van der Waals surface area contributed by atoms with Crippen LogP contribution >= 0.6 is 0 Å². The number of aliphatic hydroxyl groups excluding tert-OH is 1. The van der Waals surface area contributed by atoms with Crippen LogP contribution < -0.4 is 43.0 Å². The van der Waals surface area contributed by atoms with E-state index >= 15 is 0 Å². The molecule has 1 fully saturated rings. The lowest BCUT2D eigenvalue weighted by atomic mass is 10.0. The number of hydrogen-bond donors (Lipinski definition) is 12. The van der Waals surface area contributed by atoms with Gasteiger partial charge in [0.05, 0.1) is 25.6 Å². The first kappa shape index (κ1) is 58.8. The molecular formula is C48H67N9O15. The summed E-state index contributed by atoms with van der Waals surface area (Å²) in [6, 6.07) is 6.17. The van der Waals surface area contributed by atoms with Gasteiger partial charge >= 0.3 is 17.9 Å². The van der Waals surface area contributed by atoms with Gasteiger partial charge in [0.2, 0.25) is 47.3 Å². The zero-order chi connectivity index (χ0) is 53.7. The Kier molecular flexibility index (Phi) is 23.7. The summed E-state index contributed by atoms with van der Waals surface area (Å²) >= 11 is 0. The number of nitrogens with two attached hydrogens (primary N) is 1. The number of benzene rings is 2. The number of nitrogens with one attached hydrogen (secondary N) is 7. The van der Waals surface area contributed by atoms with Crippen LogP contribution in [0, 0.1) is 11.8 Å². The average Bonchev–Trinajstić information content (AvgIpc) is 3.82. The number of carboxylic acids is 3. The number of carbonyl (C=O) groups excluding carboxylic acids is 8. The lowest BCUT2D eigenvalue weighted by Gasteiger charge is -2.30. The van der Waals surface area contributed by atoms with Crippen molar-refractivity contribution in [3.05, 3.63) is 71.8 Å². The largest absolute Gasteiger partial charge is 0.481 e. The molecule has 0 saturated carbocycles. The Hall–Kier alpha value is -7.47. The second-order valence-electron chi connectivity index (χ2n) is 18.2. The Morgan fingerprint density at radius 1 is 0.639 bits per heavy atom. The van der Waals surface area contributed by atoms with Crippen LogP contribution in [-0.2, 0) is 65.6 Å². The van der Waals surface area contributed by atoms with Crippen molar-refractivity contribution in [2.75, 3.05) is 19.7 Å². The van der Waals surface area contributed by atoms with Crippen LogP contribution in [-0.4, -0.2) is 159 Å². The van der Waals surface area contributed by atoms with E-state index in [4.69, 9.17) is 10.8 Å². The van der Waals surface area contributed by atoms with Gasteiger partial charge in [0.25, 0.3) is 0 Å². The van der Waals surface area contributed by atoms with Gasteiger partial charge in [-0.05, 0) is 55.1 Å². The molecule has 0 aliphatic carbocycles. The molecule has 8 atom stereocenters. The van der Waals surface area contributed by atoms with Crippen LogP contribution in [0.2, 0.25) is 0 Å². The third kappa shape index (κ3) is 19.4. The number of carboxylic acid groups (broad SMARTS) is 3. The Bertz CT molecular complexity index is 2230. The molecule has 0 radical (unpaired) electrons. The summed E-state index contributed by atoms with van der Waals surface area (Å²) in [6.45, 7) is 5.00. The lowest BCUT2D eigenvalue weighted by molar-refractivity contribution is -0.148. The van der Waals surface area contributed by atoms with Crippen LogP contribution in [0.4, 0.5) is 0 Å². The van der Waals surface area contributed by atoms with Crippen molar-refractivity contribution in [1.29, 1.82) is 0 Å². The van der Waals surface area contributed by atoms with Gasteiger partial charge < -0.3 is 68.3 Å². The number of aliphatic carboxylic acids is 3. The summed E-state index contributed by atoms with van der Waals surface area (Å²) in [5, 5.41) is 55.2. The summed E-state index contributed by atoms with van der Waals surface area (Å²) in [7, 11) is 0. The Morgan fingerprint density at radius 2 is 1.21 bits per heavy atom. The van der Waals surface area contributed by atoms with Crippen molar-refractivity contribution in [2.24, 2.45) is 17.6 Å². The molecule has 0 aromatic heterocycles. The van der Waals surface area contributed by atoms with Crippen molar-refractivity contribution >= 4 is 65.2 Å². The molecule has 72 heavy (non-hydrogen) atoms. The topological polar surface area (TPSA) is 382 Å². The zero-order valence-corrected chi connectivity index (χ0v) is 40.6. The Morgan fingerprint density at radius 3 is 1.75 bits per heavy atom. The Labute approximate surface area is 416 Å². The van der Waals surface area contributed by atoms with Crippen LogP contribution in [0.15, 0.2) is 60.7 Å². The molecule has 0 bridgehead atoms. The number of nitrogens with zero attached hydrogens (tertiary/aromatic N) is 1. The van der Waals surface area contributed by atoms with Crippen LogP contribution in [0.5, 0.6) is 0 Å². The van der Waals surface area contributed by atoms with Gasteiger partial charge in [0.1, 0.15) is 42.3 Å². The second-order valence-corrected chi connectivity index (χ2v) is 18.2. The number of hydrogen-bond acceptors (Lipinski definition) is 13. The minimum atomic E-state index is -1.78. The summed E-state index contributed by atoms with van der Waals surface area (Å²) in [4.78, 5) is 144. The molecule has 1 saturated heterocycles. The van der Waals surface area contributed by atoms with Crippen molar-refractivity contribution in [3.8, 4) is 0 Å². The molecule has 24 nitrogen and oxygen atoms in total. The molecule has 8 amide bonds. The predicted octanol–water partition coefficient (Wildman–Crippen LogP) is -2.07. The lowest BCUT2D eigenvalue weighted by Crippen LogP contribution is -2.60. The van der Waals surface area contributed by atoms with Crippen LogP contribution in [0.3, 0.4) is 0 Å². The molecule has 2 aromatic carbocycles. The van der Waals surface area contributed by atoms with Gasteiger partial charge in [0.15, 0.2) is 0 Å². The summed E-state index contributed by atoms with van der Waals surface area (Å²) in [6.07, 6.45) is -1.46. The fourth-order valence-electron chi connectivity index (χ4n) is 7.73. The highest BCUT2D eigenvalue weighted by Crippen LogP contribution is 2.21. The number of aliphatic hydroxyl groups is 1. The summed E-state index contributed by atoms with van der Waals surface area (Å²) in [5.41, 5.74) is 7.47. The molecule has 394 valence electrons. The molecule has 1 aliphatic heterocycles. The smallest absolute Gasteiger partial charge is 0.326 e. The highest BCUT2D eigenvalue weighted by Gasteiger charge is 2.40. The Balaban J connectivity index is 1.71. The first-order valence-corrected chi connectivity index (χ1v) is 23.5. The maximum atomic E-state index is 14.1. The van der Waals surface area contributed by atoms with Crippen molar-refractivity contribution in [1.82, 2.24) is 42.1 Å². The second kappa shape index (κ2) is 29.0. The molecule has 3 rings (SSSR count). The first-order chi connectivity index (χ1) is 34.0. The van der Waals surface area contributed by atoms with E-state index in [-0.39, 0.29) is 38.1 Å². The zero-order valence-electron chi connectivity index (χ0n) is 40.6. The first-order valence-electron chi connectivity index (χ1n) is 23.5. The normalized spacial score (nSPS) is 16.1. The molecule has 0 unspecified atom stereocenters. The van der Waals surface area contributed by atoms with Gasteiger partial charge in [-0.25, -0.2) is 4.79 Å². The van der Waals surface area contributed by atoms with Crippen molar-refractivity contribution < 1.29 is 73.2 Å². The van der Waals surface area contributed by atoms with Gasteiger partial charge in [-0.1, -0.05) is 88.4 Å². The standard InChI is InChI=1S/C48H67N9O15/c1-26(2)20-32(51-37(59)24-50-42(65)31(17-18-38(60)61)52-46(69)40(27(3)4)56-41(64)30(49)21-28-12-7-5-8-13-28)43(66)55-35(25-58)44(67)53-33(22-29-14-9-6-10-15-29)47(70)57-19-11-16-36(57)45(68)54-34(48(71)72)23-39(62)63/h5-10,12-15,26-27,30-36,40,58H,11,16-25,49H2,1-4H3,(H,50,65)(H,51,59)(H,52,69)(H,53,67)(H,54,68)(H,55,66)(H,56,64)(H,60,61)(H,62,63)(H,71,72)/t30-,31-,32-,33-,34-,35-,36-,40-/m0/s1. The summed E-state index contributed by atoms with van der Waals surface area (Å²) in [5.74, 6) is -12.1. The SMILES string of the molecule is CC(C)C[C@H](NC(=O)CNC(=O)[C@H](CCC(=O)O)NC(=O)[C@@H](NC(=O)[C@@H](N)Cc1ccccc1)C(C)C)C(=O)N[C@@H](CO)C(=O)N[C@@H](Cc1ccccc1)C(=O)N1CCC[C@H]1C(=O)N[C@@H](CC(=O)O)C(=O)O. The molecule has 2 aromatic rings. The van der Waals surface area contributed by atoms with Gasteiger partial charge in [-0.15, -0.1) is 0 Å². The van der Waals surface area contributed by atoms with Crippen LogP contribution in [0.25, 0.3) is 0 Å². The van der Waals surface area contributed by atoms with E-state index in [9.17, 15) is 68.1 Å². The highest BCUT2D eigenvalue weighted by atomic mass is 16.4. The van der Waals surface area contributed by atoms with E-state index in [1.165, 1.54) is 0 Å². The molecular weight excluding hydrogens is 943 g/mol. The fraction of sp³-hybridized carbons (Fsp3) is 0.521. The van der Waals surface area contributed by atoms with E-state index in [0.29, 0.717) is 12.0 Å². The number of amides is 8. The monoisotopic (exact) mass is 1010 g/mol. The minimum absolute atomic E-state index is 0.0113. The van der Waals surface area contributed by atoms with Crippen molar-refractivity contribution in [3.63, 3.8) is 0 Å². The summed E-state index contributed by atoms with van der Waals surface area (Å²) < 4.78 is 0. The maximum Gasteiger partial charge on any atom is 0.326 e. The average molecular weight is 1010 g/mol. The van der Waals surface area contributed by atoms with E-state index in [1.807, 2.05) is 0 Å². The predicted molar refractivity (Wildman–Crippen MR) is 256 cm³/mol. The third-order valence-electron chi connectivity index (χ3n) is 11.5. The third-order valence-corrected chi connectivity index (χ3v) is 11.5. The molecule has 1 heterocycles. The van der Waals surface area contributed by atoms with Crippen LogP contribution in [0.1, 0.15) is 77.3 Å². The van der Waals surface area contributed by atoms with E-state index in [0.717, 1.165) is 10.5 Å². The van der Waals surface area contributed by atoms with Gasteiger partial charge in [-0.2, -0.15) is 0 Å². The number of rotatable bonds is 29. The van der Waals surface area contributed by atoms with Gasteiger partial charge in [0, 0.05) is 19.4 Å². The van der Waals surface area contributed by atoms with E-state index in [1.54, 1.807) is 88.4 Å². The van der Waals surface area contributed by atoms with Gasteiger partial charge in [-0.3, -0.25) is 47.9 Å². The molecule has 0 spiro atoms. The minimum Gasteiger partial charge on any atom is -0.481 e.